The summed E-state index contributed by atoms with van der Waals surface area (Å²) in [7, 11) is 0. The first-order valence-corrected chi connectivity index (χ1v) is 5.83. The molecule has 3 nitrogen and oxygen atoms in total. The number of rotatable bonds is 4. The number of fused-ring (bicyclic) bond motifs is 1. The Bertz CT molecular complexity index is 442. The first kappa shape index (κ1) is 11.7. The van der Waals surface area contributed by atoms with E-state index in [2.05, 4.69) is 24.5 Å². The number of hydrogen-bond acceptors (Lipinski definition) is 2. The summed E-state index contributed by atoms with van der Waals surface area (Å²) in [5.41, 5.74) is 2.29. The maximum Gasteiger partial charge on any atom is 0.304 e. The van der Waals surface area contributed by atoms with Gasteiger partial charge >= 0.3 is 5.97 Å². The second kappa shape index (κ2) is 4.62. The van der Waals surface area contributed by atoms with Crippen molar-refractivity contribution in [1.82, 2.24) is 0 Å². The van der Waals surface area contributed by atoms with Gasteiger partial charge in [-0.3, -0.25) is 4.79 Å². The van der Waals surface area contributed by atoms with E-state index < -0.39 is 5.97 Å². The van der Waals surface area contributed by atoms with Crippen LogP contribution >= 0.6 is 0 Å². The third-order valence-corrected chi connectivity index (χ3v) is 3.36. The zero-order valence-corrected chi connectivity index (χ0v) is 9.97. The van der Waals surface area contributed by atoms with E-state index in [0.29, 0.717) is 0 Å². The molecule has 0 saturated carbocycles. The Morgan fingerprint density at radius 1 is 1.65 bits per heavy atom. The molecule has 1 aliphatic rings. The van der Waals surface area contributed by atoms with Gasteiger partial charge in [-0.15, -0.1) is 6.58 Å². The largest absolute Gasteiger partial charge is 0.481 e. The lowest BCUT2D eigenvalue weighted by atomic mass is 9.98. The summed E-state index contributed by atoms with van der Waals surface area (Å²) in [5, 5.41) is 8.94. The van der Waals surface area contributed by atoms with Gasteiger partial charge in [0.25, 0.3) is 0 Å². The first-order valence-electron chi connectivity index (χ1n) is 5.83. The second-order valence-corrected chi connectivity index (χ2v) is 4.48. The van der Waals surface area contributed by atoms with Gasteiger partial charge in [0.2, 0.25) is 0 Å². The molecule has 0 aromatic heterocycles. The van der Waals surface area contributed by atoms with Crippen molar-refractivity contribution >= 4 is 11.7 Å². The lowest BCUT2D eigenvalue weighted by molar-refractivity contribution is -0.137. The van der Waals surface area contributed by atoms with E-state index >= 15 is 0 Å². The number of benzene rings is 1. The van der Waals surface area contributed by atoms with Gasteiger partial charge in [0.05, 0.1) is 6.42 Å². The van der Waals surface area contributed by atoms with Crippen LogP contribution in [0.5, 0.6) is 0 Å². The lowest BCUT2D eigenvalue weighted by Gasteiger charge is -2.25. The average Bonchev–Trinajstić information content (AvgIpc) is 2.67. The number of carboxylic acid groups (broad SMARTS) is 1. The summed E-state index contributed by atoms with van der Waals surface area (Å²) in [6.07, 6.45) is 2.08. The zero-order valence-electron chi connectivity index (χ0n) is 9.97. The molecule has 1 aliphatic heterocycles. The molecule has 0 amide bonds. The van der Waals surface area contributed by atoms with Crippen molar-refractivity contribution in [1.29, 1.82) is 0 Å². The van der Waals surface area contributed by atoms with E-state index in [4.69, 9.17) is 5.11 Å². The molecule has 1 heterocycles. The summed E-state index contributed by atoms with van der Waals surface area (Å²) in [6.45, 7) is 6.65. The van der Waals surface area contributed by atoms with E-state index in [1.165, 1.54) is 0 Å². The smallest absolute Gasteiger partial charge is 0.304 e. The average molecular weight is 231 g/mol. The van der Waals surface area contributed by atoms with Crippen molar-refractivity contribution in [3.05, 3.63) is 42.5 Å². The molecule has 17 heavy (non-hydrogen) atoms. The quantitative estimate of drug-likeness (QED) is 0.810. The van der Waals surface area contributed by atoms with Crippen LogP contribution in [0.15, 0.2) is 36.9 Å². The van der Waals surface area contributed by atoms with Crippen LogP contribution in [0.25, 0.3) is 0 Å². The maximum atomic E-state index is 10.9. The number of hydrogen-bond donors (Lipinski definition) is 1. The summed E-state index contributed by atoms with van der Waals surface area (Å²) in [4.78, 5) is 13.1. The number of carboxylic acids is 1. The molecule has 1 aromatic carbocycles. The van der Waals surface area contributed by atoms with E-state index in [1.807, 2.05) is 24.3 Å². The molecule has 90 valence electrons. The normalized spacial score (nSPS) is 19.8. The van der Waals surface area contributed by atoms with Crippen LogP contribution in [-0.4, -0.2) is 23.7 Å². The predicted molar refractivity (Wildman–Crippen MR) is 68.4 cm³/mol. The van der Waals surface area contributed by atoms with Crippen LogP contribution in [0.4, 0.5) is 5.69 Å². The van der Waals surface area contributed by atoms with Gasteiger partial charge in [0.15, 0.2) is 0 Å². The van der Waals surface area contributed by atoms with Gasteiger partial charge < -0.3 is 10.0 Å². The summed E-state index contributed by atoms with van der Waals surface area (Å²) in [6, 6.07) is 8.27. The Hall–Kier alpha value is -1.77. The molecule has 2 rings (SSSR count). The number of anilines is 1. The van der Waals surface area contributed by atoms with Crippen molar-refractivity contribution in [2.45, 2.75) is 25.3 Å². The SMILES string of the molecule is C=CC(C)N1CC(CC(=O)O)c2ccccc21. The molecule has 1 N–H and O–H groups in total. The maximum absolute atomic E-state index is 10.9. The highest BCUT2D eigenvalue weighted by atomic mass is 16.4. The minimum absolute atomic E-state index is 0.0890. The van der Waals surface area contributed by atoms with Crippen LogP contribution in [0.3, 0.4) is 0 Å². The highest BCUT2D eigenvalue weighted by molar-refractivity contribution is 5.71. The number of para-hydroxylation sites is 1. The minimum atomic E-state index is -0.738. The molecule has 3 heteroatoms. The standard InChI is InChI=1S/C14H17NO2/c1-3-10(2)15-9-11(8-14(16)17)12-6-4-5-7-13(12)15/h3-7,10-11H,1,8-9H2,2H3,(H,16,17). The Morgan fingerprint density at radius 3 is 3.00 bits per heavy atom. The van der Waals surface area contributed by atoms with Gasteiger partial charge in [0, 0.05) is 24.2 Å². The third kappa shape index (κ3) is 2.18. The molecule has 0 saturated heterocycles. The number of aliphatic carboxylic acids is 1. The number of nitrogens with zero attached hydrogens (tertiary/aromatic N) is 1. The van der Waals surface area contributed by atoms with Gasteiger partial charge in [-0.05, 0) is 18.6 Å². The van der Waals surface area contributed by atoms with Crippen molar-refractivity contribution in [3.8, 4) is 0 Å². The van der Waals surface area contributed by atoms with Crippen LogP contribution in [0.1, 0.15) is 24.8 Å². The summed E-state index contributed by atoms with van der Waals surface area (Å²) >= 11 is 0. The minimum Gasteiger partial charge on any atom is -0.481 e. The van der Waals surface area contributed by atoms with Crippen LogP contribution in [-0.2, 0) is 4.79 Å². The van der Waals surface area contributed by atoms with E-state index in [9.17, 15) is 4.79 Å². The van der Waals surface area contributed by atoms with E-state index in [0.717, 1.165) is 17.8 Å². The Labute approximate surface area is 101 Å². The highest BCUT2D eigenvalue weighted by Gasteiger charge is 2.31. The first-order chi connectivity index (χ1) is 8.13. The predicted octanol–water partition coefficient (Wildman–Crippen LogP) is 2.64. The molecule has 0 spiro atoms. The molecule has 0 bridgehead atoms. The molecule has 2 unspecified atom stereocenters. The monoisotopic (exact) mass is 231 g/mol. The lowest BCUT2D eigenvalue weighted by Crippen LogP contribution is -2.30. The third-order valence-electron chi connectivity index (χ3n) is 3.36. The van der Waals surface area contributed by atoms with Crippen LogP contribution < -0.4 is 4.90 Å². The number of carbonyl (C=O) groups is 1. The molecule has 2 atom stereocenters. The van der Waals surface area contributed by atoms with Crippen LogP contribution in [0, 0.1) is 0 Å². The van der Waals surface area contributed by atoms with Crippen molar-refractivity contribution in [2.75, 3.05) is 11.4 Å². The summed E-state index contributed by atoms with van der Waals surface area (Å²) < 4.78 is 0. The Kier molecular flexibility index (Phi) is 3.18. The summed E-state index contributed by atoms with van der Waals surface area (Å²) in [5.74, 6) is -0.649. The fraction of sp³-hybridized carbons (Fsp3) is 0.357. The van der Waals surface area contributed by atoms with Gasteiger partial charge in [-0.1, -0.05) is 24.3 Å². The van der Waals surface area contributed by atoms with Crippen molar-refractivity contribution < 1.29 is 9.90 Å². The Morgan fingerprint density at radius 2 is 2.35 bits per heavy atom. The van der Waals surface area contributed by atoms with E-state index in [-0.39, 0.29) is 18.4 Å². The molecule has 0 aliphatic carbocycles. The Balaban J connectivity index is 2.32. The fourth-order valence-electron chi connectivity index (χ4n) is 2.43. The highest BCUT2D eigenvalue weighted by Crippen LogP contribution is 2.39. The molecule has 0 fully saturated rings. The topological polar surface area (TPSA) is 40.5 Å². The molecule has 0 radical (unpaired) electrons. The van der Waals surface area contributed by atoms with E-state index in [1.54, 1.807) is 0 Å². The molecule has 1 aromatic rings. The zero-order chi connectivity index (χ0) is 12.4. The van der Waals surface area contributed by atoms with Gasteiger partial charge in [-0.25, -0.2) is 0 Å². The van der Waals surface area contributed by atoms with Crippen molar-refractivity contribution in [3.63, 3.8) is 0 Å². The molecular weight excluding hydrogens is 214 g/mol. The molecular formula is C14H17NO2. The van der Waals surface area contributed by atoms with Gasteiger partial charge in [-0.2, -0.15) is 0 Å². The van der Waals surface area contributed by atoms with Gasteiger partial charge in [0.1, 0.15) is 0 Å². The van der Waals surface area contributed by atoms with Crippen molar-refractivity contribution in [2.24, 2.45) is 0 Å². The second-order valence-electron chi connectivity index (χ2n) is 4.48. The van der Waals surface area contributed by atoms with Crippen LogP contribution in [0.2, 0.25) is 0 Å². The fourth-order valence-corrected chi connectivity index (χ4v) is 2.43.